The lowest BCUT2D eigenvalue weighted by molar-refractivity contribution is -0.0893. The molecule has 1 saturated heterocycles. The Balaban J connectivity index is 1.71. The fraction of sp³-hybridized carbons (Fsp3) is 0.423. The number of aromatic nitrogens is 1. The van der Waals surface area contributed by atoms with Gasteiger partial charge in [0.15, 0.2) is 9.84 Å². The van der Waals surface area contributed by atoms with Crippen molar-refractivity contribution in [3.63, 3.8) is 0 Å². The van der Waals surface area contributed by atoms with Gasteiger partial charge in [-0.3, -0.25) is 4.79 Å². The standard InChI is InChI=1S/C26H32BFN2O5S/c1-24(2,32)25(3,4)35-27-21-15-30(19-9-7-18(28)8-10-19)22-14-17(6-11-20(21)22)23(31)29-26(5)12-13-36(33,34)16-26/h6-11,14-15,27,32H,12-13,16H2,1-5H3,(H,29,31). The number of rotatable bonds is 7. The number of hydrogen-bond donors (Lipinski definition) is 2. The summed E-state index contributed by atoms with van der Waals surface area (Å²) in [6, 6.07) is 11.3. The summed E-state index contributed by atoms with van der Waals surface area (Å²) in [5, 5.41) is 14.2. The number of halogens is 1. The van der Waals surface area contributed by atoms with Gasteiger partial charge in [0.2, 0.25) is 0 Å². The Bertz CT molecular complexity index is 1410. The van der Waals surface area contributed by atoms with Crippen molar-refractivity contribution in [1.29, 1.82) is 0 Å². The van der Waals surface area contributed by atoms with Crippen LogP contribution in [0.2, 0.25) is 0 Å². The molecule has 1 aliphatic heterocycles. The molecule has 1 amide bonds. The fourth-order valence-electron chi connectivity index (χ4n) is 4.26. The van der Waals surface area contributed by atoms with E-state index in [0.29, 0.717) is 17.7 Å². The van der Waals surface area contributed by atoms with Gasteiger partial charge in [0, 0.05) is 17.4 Å². The quantitative estimate of drug-likeness (QED) is 0.473. The summed E-state index contributed by atoms with van der Waals surface area (Å²) < 4.78 is 45.5. The van der Waals surface area contributed by atoms with E-state index in [-0.39, 0.29) is 30.7 Å². The monoisotopic (exact) mass is 514 g/mol. The first-order valence-electron chi connectivity index (χ1n) is 11.9. The minimum absolute atomic E-state index is 0.0561. The number of carbonyl (C=O) groups is 1. The van der Waals surface area contributed by atoms with E-state index in [1.807, 2.05) is 30.7 Å². The van der Waals surface area contributed by atoms with Gasteiger partial charge in [0.25, 0.3) is 5.91 Å². The van der Waals surface area contributed by atoms with Crippen LogP contribution in [0, 0.1) is 5.82 Å². The fourth-order valence-corrected chi connectivity index (χ4v) is 6.35. The molecular weight excluding hydrogens is 482 g/mol. The normalized spacial score (nSPS) is 20.0. The first-order chi connectivity index (χ1) is 16.6. The molecule has 10 heteroatoms. The Morgan fingerprint density at radius 2 is 1.83 bits per heavy atom. The Morgan fingerprint density at radius 3 is 2.42 bits per heavy atom. The van der Waals surface area contributed by atoms with E-state index in [4.69, 9.17) is 4.65 Å². The summed E-state index contributed by atoms with van der Waals surface area (Å²) in [7, 11) is -2.96. The summed E-state index contributed by atoms with van der Waals surface area (Å²) in [4.78, 5) is 13.1. The second-order valence-corrected chi connectivity index (χ2v) is 13.1. The van der Waals surface area contributed by atoms with Crippen LogP contribution in [-0.2, 0) is 14.5 Å². The zero-order chi connectivity index (χ0) is 26.5. The van der Waals surface area contributed by atoms with Crippen LogP contribution in [0.25, 0.3) is 16.6 Å². The molecule has 0 bridgehead atoms. The van der Waals surface area contributed by atoms with Gasteiger partial charge in [-0.2, -0.15) is 0 Å². The van der Waals surface area contributed by atoms with Crippen LogP contribution in [-0.4, -0.2) is 59.7 Å². The molecule has 192 valence electrons. The van der Waals surface area contributed by atoms with Crippen LogP contribution in [0.15, 0.2) is 48.7 Å². The third-order valence-electron chi connectivity index (χ3n) is 7.24. The molecular formula is C26H32BFN2O5S. The van der Waals surface area contributed by atoms with E-state index in [1.165, 1.54) is 12.1 Å². The first-order valence-corrected chi connectivity index (χ1v) is 13.7. The minimum atomic E-state index is -3.17. The lowest BCUT2D eigenvalue weighted by Gasteiger charge is -2.37. The summed E-state index contributed by atoms with van der Waals surface area (Å²) in [5.41, 5.74) is -0.0537. The average molecular weight is 514 g/mol. The van der Waals surface area contributed by atoms with E-state index in [0.717, 1.165) is 16.4 Å². The lowest BCUT2D eigenvalue weighted by Crippen LogP contribution is -2.49. The zero-order valence-electron chi connectivity index (χ0n) is 21.3. The molecule has 2 N–H and O–H groups in total. The molecule has 0 saturated carbocycles. The molecule has 1 fully saturated rings. The third-order valence-corrected chi connectivity index (χ3v) is 9.14. The van der Waals surface area contributed by atoms with Gasteiger partial charge in [-0.1, -0.05) is 6.07 Å². The molecule has 1 aliphatic rings. The molecule has 2 heterocycles. The van der Waals surface area contributed by atoms with E-state index < -0.39 is 26.6 Å². The number of aliphatic hydroxyl groups is 1. The predicted molar refractivity (Wildman–Crippen MR) is 141 cm³/mol. The highest BCUT2D eigenvalue weighted by Crippen LogP contribution is 2.27. The van der Waals surface area contributed by atoms with Gasteiger partial charge >= 0.3 is 7.48 Å². The van der Waals surface area contributed by atoms with Crippen molar-refractivity contribution in [2.24, 2.45) is 0 Å². The summed E-state index contributed by atoms with van der Waals surface area (Å²) >= 11 is 0. The Hall–Kier alpha value is -2.69. The SMILES string of the molecule is CC1(NC(=O)c2ccc3c(BOC(C)(C)C(C)(C)O)cn(-c4ccc(F)cc4)c3c2)CCS(=O)(=O)C1. The molecule has 2 aromatic carbocycles. The third kappa shape index (κ3) is 5.35. The Labute approximate surface area is 211 Å². The molecule has 4 rings (SSSR count). The maximum Gasteiger partial charge on any atom is 0.311 e. The molecule has 7 nitrogen and oxygen atoms in total. The summed E-state index contributed by atoms with van der Waals surface area (Å²) in [5.74, 6) is -0.742. The number of carbonyl (C=O) groups excluding carboxylic acids is 1. The highest BCUT2D eigenvalue weighted by atomic mass is 32.2. The number of fused-ring (bicyclic) bond motifs is 1. The van der Waals surface area contributed by atoms with E-state index in [2.05, 4.69) is 5.32 Å². The summed E-state index contributed by atoms with van der Waals surface area (Å²) in [6.07, 6.45) is 2.25. The van der Waals surface area contributed by atoms with Gasteiger partial charge in [-0.25, -0.2) is 12.8 Å². The molecule has 1 unspecified atom stereocenters. The lowest BCUT2D eigenvalue weighted by atomic mass is 9.82. The Morgan fingerprint density at radius 1 is 1.17 bits per heavy atom. The van der Waals surface area contributed by atoms with Crippen LogP contribution < -0.4 is 10.8 Å². The number of sulfone groups is 1. The van der Waals surface area contributed by atoms with Crippen molar-refractivity contribution in [3.05, 3.63) is 60.0 Å². The number of amides is 1. The largest absolute Gasteiger partial charge is 0.427 e. The maximum absolute atomic E-state index is 13.6. The Kier molecular flexibility index (Phi) is 6.60. The molecule has 1 atom stereocenters. The van der Waals surface area contributed by atoms with Crippen molar-refractivity contribution >= 4 is 39.6 Å². The number of hydrogen-bond acceptors (Lipinski definition) is 5. The second-order valence-electron chi connectivity index (χ2n) is 10.9. The minimum Gasteiger partial charge on any atom is -0.427 e. The highest BCUT2D eigenvalue weighted by Gasteiger charge is 2.40. The van der Waals surface area contributed by atoms with E-state index >= 15 is 0 Å². The van der Waals surface area contributed by atoms with Crippen molar-refractivity contribution in [3.8, 4) is 5.69 Å². The van der Waals surface area contributed by atoms with Crippen LogP contribution in [0.4, 0.5) is 4.39 Å². The van der Waals surface area contributed by atoms with Gasteiger partial charge in [-0.15, -0.1) is 0 Å². The molecule has 0 spiro atoms. The summed E-state index contributed by atoms with van der Waals surface area (Å²) in [6.45, 7) is 8.76. The molecule has 1 aromatic heterocycles. The molecule has 3 aromatic rings. The van der Waals surface area contributed by atoms with Gasteiger partial charge in [0.05, 0.1) is 33.8 Å². The predicted octanol–water partition coefficient (Wildman–Crippen LogP) is 2.62. The number of benzene rings is 2. The highest BCUT2D eigenvalue weighted by molar-refractivity contribution is 7.91. The van der Waals surface area contributed by atoms with Crippen molar-refractivity contribution in [2.45, 2.75) is 57.8 Å². The smallest absolute Gasteiger partial charge is 0.311 e. The zero-order valence-corrected chi connectivity index (χ0v) is 22.1. The molecule has 0 aliphatic carbocycles. The second kappa shape index (κ2) is 9.01. The van der Waals surface area contributed by atoms with Gasteiger partial charge in [-0.05, 0) is 88.3 Å². The topological polar surface area (TPSA) is 97.6 Å². The van der Waals surface area contributed by atoms with E-state index in [9.17, 15) is 22.7 Å². The molecule has 0 radical (unpaired) electrons. The average Bonchev–Trinajstić information content (AvgIpc) is 3.27. The first kappa shape index (κ1) is 26.4. The maximum atomic E-state index is 13.6. The van der Waals surface area contributed by atoms with Crippen molar-refractivity contribution < 1.29 is 27.4 Å². The van der Waals surface area contributed by atoms with E-state index in [1.54, 1.807) is 45.0 Å². The van der Waals surface area contributed by atoms with Crippen molar-refractivity contribution in [2.75, 3.05) is 11.5 Å². The molecule has 36 heavy (non-hydrogen) atoms. The van der Waals surface area contributed by atoms with Crippen LogP contribution in [0.3, 0.4) is 0 Å². The van der Waals surface area contributed by atoms with Gasteiger partial charge < -0.3 is 19.6 Å². The van der Waals surface area contributed by atoms with Gasteiger partial charge in [0.1, 0.15) is 5.82 Å². The number of nitrogens with one attached hydrogen (secondary N) is 1. The van der Waals surface area contributed by atoms with Crippen LogP contribution in [0.1, 0.15) is 51.4 Å². The van der Waals surface area contributed by atoms with Crippen LogP contribution >= 0.6 is 0 Å². The van der Waals surface area contributed by atoms with Crippen molar-refractivity contribution in [1.82, 2.24) is 9.88 Å². The number of nitrogens with zero attached hydrogens (tertiary/aromatic N) is 1. The van der Waals surface area contributed by atoms with Crippen LogP contribution in [0.5, 0.6) is 0 Å².